The van der Waals surface area contributed by atoms with Gasteiger partial charge in [-0.15, -0.1) is 0 Å². The smallest absolute Gasteiger partial charge is 0.414 e. The summed E-state index contributed by atoms with van der Waals surface area (Å²) in [4.78, 5) is 14.9. The van der Waals surface area contributed by atoms with Gasteiger partial charge >= 0.3 is 6.09 Å². The second-order valence-corrected chi connectivity index (χ2v) is 15.7. The highest BCUT2D eigenvalue weighted by atomic mass is 28.4. The van der Waals surface area contributed by atoms with Crippen molar-refractivity contribution in [1.29, 1.82) is 0 Å². The van der Waals surface area contributed by atoms with Crippen molar-refractivity contribution in [2.75, 3.05) is 11.5 Å². The van der Waals surface area contributed by atoms with Crippen molar-refractivity contribution in [3.8, 4) is 5.75 Å². The average Bonchev–Trinajstić information content (AvgIpc) is 2.86. The molecule has 190 valence electrons. The van der Waals surface area contributed by atoms with Gasteiger partial charge in [0.15, 0.2) is 8.32 Å². The normalized spacial score (nSPS) is 15.5. The molecule has 36 heavy (non-hydrogen) atoms. The van der Waals surface area contributed by atoms with Crippen LogP contribution < -0.4 is 9.64 Å². The molecular weight excluding hydrogens is 466 g/mol. The number of hydrogen-bond donors (Lipinski definition) is 0. The Balaban J connectivity index is 1.52. The molecule has 6 heteroatoms. The molecule has 1 heterocycles. The SMILES string of the molecule is CC(C)(C)[Si](C)(C)OC1COc2cc(N(Cc3ccccc3)C(=O)OCc3ccccc3)ccc2C1. The van der Waals surface area contributed by atoms with Crippen LogP contribution in [0.25, 0.3) is 0 Å². The Morgan fingerprint density at radius 3 is 2.25 bits per heavy atom. The van der Waals surface area contributed by atoms with Crippen LogP contribution in [0.4, 0.5) is 10.5 Å². The highest BCUT2D eigenvalue weighted by Crippen LogP contribution is 2.39. The first-order valence-corrected chi connectivity index (χ1v) is 15.5. The van der Waals surface area contributed by atoms with E-state index in [1.165, 1.54) is 0 Å². The van der Waals surface area contributed by atoms with Crippen molar-refractivity contribution in [2.24, 2.45) is 0 Å². The number of nitrogens with zero attached hydrogens (tertiary/aromatic N) is 1. The zero-order chi connectivity index (χ0) is 25.8. The lowest BCUT2D eigenvalue weighted by atomic mass is 10.0. The third kappa shape index (κ3) is 6.36. The van der Waals surface area contributed by atoms with E-state index < -0.39 is 14.4 Å². The number of carbonyl (C=O) groups excluding carboxylic acids is 1. The minimum atomic E-state index is -1.89. The van der Waals surface area contributed by atoms with E-state index in [4.69, 9.17) is 13.9 Å². The van der Waals surface area contributed by atoms with Crippen LogP contribution in [0, 0.1) is 0 Å². The summed E-state index contributed by atoms with van der Waals surface area (Å²) in [6.07, 6.45) is 0.456. The number of hydrogen-bond acceptors (Lipinski definition) is 4. The molecule has 0 radical (unpaired) electrons. The molecule has 5 nitrogen and oxygen atoms in total. The summed E-state index contributed by atoms with van der Waals surface area (Å²) in [5.74, 6) is 0.802. The number of ether oxygens (including phenoxy) is 2. The summed E-state index contributed by atoms with van der Waals surface area (Å²) < 4.78 is 18.5. The Morgan fingerprint density at radius 2 is 1.61 bits per heavy atom. The van der Waals surface area contributed by atoms with Gasteiger partial charge in [-0.2, -0.15) is 0 Å². The molecule has 1 aliphatic heterocycles. The third-order valence-electron chi connectivity index (χ3n) is 7.11. The Morgan fingerprint density at radius 1 is 0.972 bits per heavy atom. The molecule has 4 rings (SSSR count). The Labute approximate surface area is 216 Å². The Hall–Kier alpha value is -3.09. The predicted molar refractivity (Wildman–Crippen MR) is 147 cm³/mol. The number of fused-ring (bicyclic) bond motifs is 1. The lowest BCUT2D eigenvalue weighted by molar-refractivity contribution is 0.0996. The van der Waals surface area contributed by atoms with E-state index in [9.17, 15) is 4.79 Å². The van der Waals surface area contributed by atoms with E-state index in [-0.39, 0.29) is 17.7 Å². The molecule has 0 N–H and O–H groups in total. The van der Waals surface area contributed by atoms with E-state index in [1.54, 1.807) is 4.90 Å². The van der Waals surface area contributed by atoms with Gasteiger partial charge in [0.05, 0.1) is 18.3 Å². The van der Waals surface area contributed by atoms with Gasteiger partial charge in [0.2, 0.25) is 0 Å². The summed E-state index contributed by atoms with van der Waals surface area (Å²) in [6, 6.07) is 25.6. The lowest BCUT2D eigenvalue weighted by Gasteiger charge is -2.40. The maximum absolute atomic E-state index is 13.2. The third-order valence-corrected chi connectivity index (χ3v) is 11.6. The van der Waals surface area contributed by atoms with E-state index in [0.29, 0.717) is 13.2 Å². The van der Waals surface area contributed by atoms with Crippen molar-refractivity contribution < 1.29 is 18.7 Å². The van der Waals surface area contributed by atoms with Gasteiger partial charge in [0, 0.05) is 12.5 Å². The number of carbonyl (C=O) groups is 1. The molecule has 0 bridgehead atoms. The minimum Gasteiger partial charge on any atom is -0.491 e. The van der Waals surface area contributed by atoms with Crippen LogP contribution in [-0.4, -0.2) is 27.1 Å². The quantitative estimate of drug-likeness (QED) is 0.316. The summed E-state index contributed by atoms with van der Waals surface area (Å²) in [6.45, 7) is 12.4. The Kier molecular flexibility index (Phi) is 7.86. The molecule has 0 aromatic heterocycles. The van der Waals surface area contributed by atoms with Crippen LogP contribution >= 0.6 is 0 Å². The van der Waals surface area contributed by atoms with E-state index >= 15 is 0 Å². The first-order valence-electron chi connectivity index (χ1n) is 12.6. The van der Waals surface area contributed by atoms with Gasteiger partial charge in [-0.05, 0) is 40.9 Å². The summed E-state index contributed by atoms with van der Waals surface area (Å²) in [5, 5.41) is 0.148. The van der Waals surface area contributed by atoms with Crippen LogP contribution in [0.5, 0.6) is 5.75 Å². The standard InChI is InChI=1S/C30H37NO4Si/c1-30(2,3)36(4,5)35-27-18-25-16-17-26(19-28(25)33-22-27)31(20-23-12-8-6-9-13-23)29(32)34-21-24-14-10-7-11-15-24/h6-17,19,27H,18,20-22H2,1-5H3. The molecule has 0 saturated carbocycles. The number of benzene rings is 3. The fourth-order valence-corrected chi connectivity index (χ4v) is 5.33. The molecule has 1 atom stereocenters. The van der Waals surface area contributed by atoms with Crippen molar-refractivity contribution >= 4 is 20.1 Å². The summed E-state index contributed by atoms with van der Waals surface area (Å²) >= 11 is 0. The molecule has 3 aromatic rings. The van der Waals surface area contributed by atoms with Crippen LogP contribution in [-0.2, 0) is 28.7 Å². The predicted octanol–water partition coefficient (Wildman–Crippen LogP) is 7.36. The fraction of sp³-hybridized carbons (Fsp3) is 0.367. The van der Waals surface area contributed by atoms with E-state index in [0.717, 1.165) is 34.5 Å². The van der Waals surface area contributed by atoms with Crippen LogP contribution in [0.15, 0.2) is 78.9 Å². The molecule has 1 aliphatic rings. The van der Waals surface area contributed by atoms with Gasteiger partial charge in [-0.3, -0.25) is 4.90 Å². The zero-order valence-electron chi connectivity index (χ0n) is 22.0. The second-order valence-electron chi connectivity index (χ2n) is 10.9. The minimum absolute atomic E-state index is 0.0421. The van der Waals surface area contributed by atoms with Gasteiger partial charge in [-0.1, -0.05) is 87.5 Å². The molecule has 0 saturated heterocycles. The van der Waals surface area contributed by atoms with Gasteiger partial charge in [0.25, 0.3) is 0 Å². The maximum Gasteiger partial charge on any atom is 0.414 e. The number of anilines is 1. The first-order chi connectivity index (χ1) is 17.1. The highest BCUT2D eigenvalue weighted by molar-refractivity contribution is 6.74. The molecular formula is C30H37NO4Si. The van der Waals surface area contributed by atoms with Crippen molar-refractivity contribution in [1.82, 2.24) is 0 Å². The maximum atomic E-state index is 13.2. The largest absolute Gasteiger partial charge is 0.491 e. The van der Waals surface area contributed by atoms with Crippen molar-refractivity contribution in [3.63, 3.8) is 0 Å². The molecule has 1 amide bonds. The average molecular weight is 504 g/mol. The van der Waals surface area contributed by atoms with E-state index in [1.807, 2.05) is 78.9 Å². The monoisotopic (exact) mass is 503 g/mol. The second kappa shape index (κ2) is 10.9. The molecule has 0 fully saturated rings. The van der Waals surface area contributed by atoms with Crippen molar-refractivity contribution in [2.45, 2.75) is 64.6 Å². The van der Waals surface area contributed by atoms with Gasteiger partial charge in [-0.25, -0.2) is 4.79 Å². The fourth-order valence-electron chi connectivity index (χ4n) is 3.99. The van der Waals surface area contributed by atoms with Gasteiger partial charge < -0.3 is 13.9 Å². The Bertz CT molecular complexity index is 1160. The van der Waals surface area contributed by atoms with Crippen LogP contribution in [0.3, 0.4) is 0 Å². The van der Waals surface area contributed by atoms with Gasteiger partial charge in [0.1, 0.15) is 19.0 Å². The first kappa shape index (κ1) is 26.0. The highest BCUT2D eigenvalue weighted by Gasteiger charge is 2.40. The topological polar surface area (TPSA) is 48.0 Å². The lowest BCUT2D eigenvalue weighted by Crippen LogP contribution is -2.46. The van der Waals surface area contributed by atoms with Crippen molar-refractivity contribution in [3.05, 3.63) is 95.6 Å². The molecule has 3 aromatic carbocycles. The van der Waals surface area contributed by atoms with Crippen LogP contribution in [0.1, 0.15) is 37.5 Å². The number of rotatable bonds is 7. The zero-order valence-corrected chi connectivity index (χ0v) is 23.0. The molecule has 0 spiro atoms. The number of amides is 1. The molecule has 1 unspecified atom stereocenters. The molecule has 0 aliphatic carbocycles. The summed E-state index contributed by atoms with van der Waals surface area (Å²) in [7, 11) is -1.89. The van der Waals surface area contributed by atoms with Crippen LogP contribution in [0.2, 0.25) is 18.1 Å². The van der Waals surface area contributed by atoms with E-state index in [2.05, 4.69) is 33.9 Å². The summed E-state index contributed by atoms with van der Waals surface area (Å²) in [5.41, 5.74) is 3.83.